The molecule has 2 aliphatic heterocycles. The number of rotatable bonds is 4. The Morgan fingerprint density at radius 3 is 2.62 bits per heavy atom. The van der Waals surface area contributed by atoms with Gasteiger partial charge in [-0.1, -0.05) is 0 Å². The van der Waals surface area contributed by atoms with E-state index < -0.39 is 5.60 Å². The lowest BCUT2D eigenvalue weighted by Crippen LogP contribution is -2.52. The number of ketones is 1. The van der Waals surface area contributed by atoms with Crippen LogP contribution in [0.15, 0.2) is 12.1 Å². The largest absolute Gasteiger partial charge is 0.384 e. The number of hydrogen-bond donors (Lipinski definition) is 1. The van der Waals surface area contributed by atoms with Gasteiger partial charge in [0.05, 0.1) is 29.5 Å². The maximum atomic E-state index is 12.8. The number of hydrogen-bond acceptors (Lipinski definition) is 6. The van der Waals surface area contributed by atoms with Crippen molar-refractivity contribution in [3.63, 3.8) is 0 Å². The van der Waals surface area contributed by atoms with Crippen LogP contribution in [0, 0.1) is 0 Å². The van der Waals surface area contributed by atoms with Gasteiger partial charge in [-0.3, -0.25) is 9.59 Å². The molecule has 0 saturated carbocycles. The van der Waals surface area contributed by atoms with Crippen LogP contribution in [-0.2, 0) is 4.74 Å². The molecule has 0 aromatic carbocycles. The third-order valence-electron chi connectivity index (χ3n) is 4.53. The number of β-amino-alcohol motifs (C(OH)–C–C–N with tert-alkyl or cyclic N) is 1. The fourth-order valence-electron chi connectivity index (χ4n) is 3.34. The van der Waals surface area contributed by atoms with E-state index in [1.807, 2.05) is 0 Å². The zero-order chi connectivity index (χ0) is 17.2. The first-order chi connectivity index (χ1) is 11.5. The summed E-state index contributed by atoms with van der Waals surface area (Å²) in [7, 11) is 0. The number of Topliss-reactive ketones (excluding diaryl/α,β-unsaturated/α-hetero) is 1. The number of thiophene rings is 1. The quantitative estimate of drug-likeness (QED) is 0.826. The minimum absolute atomic E-state index is 0.0382. The van der Waals surface area contributed by atoms with Gasteiger partial charge in [-0.15, -0.1) is 11.3 Å². The summed E-state index contributed by atoms with van der Waals surface area (Å²) in [5.74, 6) is -0.179. The second-order valence-electron chi connectivity index (χ2n) is 6.71. The van der Waals surface area contributed by atoms with Crippen molar-refractivity contribution < 1.29 is 19.4 Å². The van der Waals surface area contributed by atoms with Crippen molar-refractivity contribution in [1.82, 2.24) is 9.80 Å². The molecule has 2 fully saturated rings. The molecule has 2 saturated heterocycles. The Morgan fingerprint density at radius 1 is 1.25 bits per heavy atom. The maximum Gasteiger partial charge on any atom is 0.264 e. The highest BCUT2D eigenvalue weighted by Gasteiger charge is 2.37. The molecule has 24 heavy (non-hydrogen) atoms. The van der Waals surface area contributed by atoms with Gasteiger partial charge in [-0.25, -0.2) is 0 Å². The van der Waals surface area contributed by atoms with Crippen molar-refractivity contribution in [3.05, 3.63) is 21.9 Å². The summed E-state index contributed by atoms with van der Waals surface area (Å²) >= 11 is 1.21. The van der Waals surface area contributed by atoms with Crippen LogP contribution in [0.4, 0.5) is 0 Å². The molecule has 3 rings (SSSR count). The Balaban J connectivity index is 1.71. The summed E-state index contributed by atoms with van der Waals surface area (Å²) in [6.07, 6.45) is 2.31. The Hall–Kier alpha value is -1.28. The summed E-state index contributed by atoms with van der Waals surface area (Å²) in [5, 5.41) is 11.0. The second kappa shape index (κ2) is 7.31. The standard InChI is InChI=1S/C17H24N2O4S/c1-13(20)14-4-5-15(24-14)16(21)19-8-9-23-12-17(22,11-19)10-18-6-2-3-7-18/h4-5,22H,2-3,6-12H2,1H3. The Morgan fingerprint density at radius 2 is 1.96 bits per heavy atom. The molecule has 1 N–H and O–H groups in total. The predicted octanol–water partition coefficient (Wildman–Crippen LogP) is 1.25. The minimum Gasteiger partial charge on any atom is -0.384 e. The first-order valence-electron chi connectivity index (χ1n) is 8.39. The molecule has 6 nitrogen and oxygen atoms in total. The molecule has 2 aliphatic rings. The monoisotopic (exact) mass is 352 g/mol. The van der Waals surface area contributed by atoms with Gasteiger partial charge in [-0.2, -0.15) is 0 Å². The minimum atomic E-state index is -1.04. The molecule has 1 aromatic rings. The SMILES string of the molecule is CC(=O)c1ccc(C(=O)N2CCOCC(O)(CN3CCCC3)C2)s1. The van der Waals surface area contributed by atoms with Crippen molar-refractivity contribution in [2.45, 2.75) is 25.4 Å². The van der Waals surface area contributed by atoms with Gasteiger partial charge in [-0.05, 0) is 45.0 Å². The van der Waals surface area contributed by atoms with Crippen molar-refractivity contribution in [2.24, 2.45) is 0 Å². The normalized spacial score (nSPS) is 25.7. The second-order valence-corrected chi connectivity index (χ2v) is 7.79. The molecule has 132 valence electrons. The molecule has 0 spiro atoms. The number of amides is 1. The van der Waals surface area contributed by atoms with E-state index in [0.717, 1.165) is 25.9 Å². The van der Waals surface area contributed by atoms with Gasteiger partial charge in [0.2, 0.25) is 0 Å². The molecule has 1 amide bonds. The third-order valence-corrected chi connectivity index (χ3v) is 5.70. The summed E-state index contributed by atoms with van der Waals surface area (Å²) in [4.78, 5) is 29.2. The van der Waals surface area contributed by atoms with E-state index in [-0.39, 0.29) is 24.8 Å². The first-order valence-corrected chi connectivity index (χ1v) is 9.21. The first kappa shape index (κ1) is 17.5. The lowest BCUT2D eigenvalue weighted by Gasteiger charge is -2.33. The smallest absolute Gasteiger partial charge is 0.264 e. The Labute approximate surface area is 146 Å². The number of ether oxygens (including phenoxy) is 1. The van der Waals surface area contributed by atoms with Crippen molar-refractivity contribution >= 4 is 23.0 Å². The number of likely N-dealkylation sites (tertiary alicyclic amines) is 1. The van der Waals surface area contributed by atoms with Gasteiger partial charge in [0.1, 0.15) is 5.60 Å². The molecule has 1 atom stereocenters. The van der Waals surface area contributed by atoms with E-state index in [1.54, 1.807) is 17.0 Å². The molecule has 7 heteroatoms. The van der Waals surface area contributed by atoms with Crippen LogP contribution in [0.5, 0.6) is 0 Å². The van der Waals surface area contributed by atoms with Crippen molar-refractivity contribution in [1.29, 1.82) is 0 Å². The van der Waals surface area contributed by atoms with Gasteiger partial charge >= 0.3 is 0 Å². The van der Waals surface area contributed by atoms with Crippen LogP contribution in [0.2, 0.25) is 0 Å². The van der Waals surface area contributed by atoms with E-state index in [0.29, 0.717) is 29.5 Å². The van der Waals surface area contributed by atoms with E-state index in [1.165, 1.54) is 18.3 Å². The Kier molecular flexibility index (Phi) is 5.34. The topological polar surface area (TPSA) is 70.1 Å². The van der Waals surface area contributed by atoms with Gasteiger partial charge in [0.15, 0.2) is 5.78 Å². The van der Waals surface area contributed by atoms with Crippen molar-refractivity contribution in [3.8, 4) is 0 Å². The predicted molar refractivity (Wildman–Crippen MR) is 91.7 cm³/mol. The summed E-state index contributed by atoms with van der Waals surface area (Å²) < 4.78 is 5.56. The number of carbonyl (C=O) groups is 2. The van der Waals surface area contributed by atoms with E-state index in [9.17, 15) is 14.7 Å². The fraction of sp³-hybridized carbons (Fsp3) is 0.647. The molecule has 1 unspecified atom stereocenters. The lowest BCUT2D eigenvalue weighted by molar-refractivity contribution is -0.0524. The average Bonchev–Trinajstić information content (AvgIpc) is 3.17. The maximum absolute atomic E-state index is 12.8. The molecule has 1 aromatic heterocycles. The summed E-state index contributed by atoms with van der Waals surface area (Å²) in [5.41, 5.74) is -1.04. The highest BCUT2D eigenvalue weighted by molar-refractivity contribution is 7.15. The van der Waals surface area contributed by atoms with E-state index >= 15 is 0 Å². The number of carbonyl (C=O) groups excluding carboxylic acids is 2. The van der Waals surface area contributed by atoms with Gasteiger partial charge in [0, 0.05) is 13.1 Å². The van der Waals surface area contributed by atoms with Crippen LogP contribution in [0.1, 0.15) is 39.1 Å². The highest BCUT2D eigenvalue weighted by Crippen LogP contribution is 2.22. The van der Waals surface area contributed by atoms with Crippen LogP contribution in [0.3, 0.4) is 0 Å². The molecular formula is C17H24N2O4S. The fourth-order valence-corrected chi connectivity index (χ4v) is 4.21. The zero-order valence-electron chi connectivity index (χ0n) is 14.0. The molecule has 0 radical (unpaired) electrons. The number of nitrogens with zero attached hydrogens (tertiary/aromatic N) is 2. The van der Waals surface area contributed by atoms with E-state index in [2.05, 4.69) is 4.90 Å². The van der Waals surface area contributed by atoms with Crippen LogP contribution in [-0.4, -0.2) is 78.1 Å². The summed E-state index contributed by atoms with van der Waals surface area (Å²) in [6.45, 7) is 5.38. The van der Waals surface area contributed by atoms with Gasteiger partial charge in [0.25, 0.3) is 5.91 Å². The van der Waals surface area contributed by atoms with Crippen LogP contribution < -0.4 is 0 Å². The molecule has 0 aliphatic carbocycles. The number of aliphatic hydroxyl groups is 1. The Bertz CT molecular complexity index is 611. The summed E-state index contributed by atoms with van der Waals surface area (Å²) in [6, 6.07) is 3.37. The van der Waals surface area contributed by atoms with Crippen molar-refractivity contribution in [2.75, 3.05) is 45.9 Å². The molecule has 3 heterocycles. The van der Waals surface area contributed by atoms with E-state index in [4.69, 9.17) is 4.74 Å². The highest BCUT2D eigenvalue weighted by atomic mass is 32.1. The zero-order valence-corrected chi connectivity index (χ0v) is 14.8. The van der Waals surface area contributed by atoms with Crippen LogP contribution in [0.25, 0.3) is 0 Å². The molecule has 0 bridgehead atoms. The third kappa shape index (κ3) is 4.03. The van der Waals surface area contributed by atoms with Crippen LogP contribution >= 0.6 is 11.3 Å². The molecular weight excluding hydrogens is 328 g/mol. The van der Waals surface area contributed by atoms with Gasteiger partial charge < -0.3 is 19.6 Å². The average molecular weight is 352 g/mol. The lowest BCUT2D eigenvalue weighted by atomic mass is 10.0.